The Morgan fingerprint density at radius 1 is 1.16 bits per heavy atom. The van der Waals surface area contributed by atoms with Crippen LogP contribution in [0.2, 0.25) is 10.0 Å². The van der Waals surface area contributed by atoms with Crippen molar-refractivity contribution in [3.63, 3.8) is 0 Å². The van der Waals surface area contributed by atoms with E-state index < -0.39 is 0 Å². The van der Waals surface area contributed by atoms with Gasteiger partial charge in [-0.05, 0) is 12.1 Å². The van der Waals surface area contributed by atoms with Gasteiger partial charge >= 0.3 is 0 Å². The summed E-state index contributed by atoms with van der Waals surface area (Å²) in [5, 5.41) is 5.31. The van der Waals surface area contributed by atoms with Gasteiger partial charge in [-0.15, -0.1) is 0 Å². The summed E-state index contributed by atoms with van der Waals surface area (Å²) in [6.07, 6.45) is 5.15. The molecule has 0 bridgehead atoms. The lowest BCUT2D eigenvalue weighted by Gasteiger charge is -2.13. The Balaban J connectivity index is 1.83. The molecular formula is C16H13Cl2N7. The number of anilines is 1. The number of fused-ring (bicyclic) bond motifs is 1. The zero-order valence-electron chi connectivity index (χ0n) is 13.2. The van der Waals surface area contributed by atoms with Crippen LogP contribution in [0.1, 0.15) is 5.56 Å². The number of aryl methyl sites for hydroxylation is 1. The van der Waals surface area contributed by atoms with Gasteiger partial charge in [-0.3, -0.25) is 4.68 Å². The number of nitrogen functional groups attached to an aromatic ring is 1. The largest absolute Gasteiger partial charge is 0.382 e. The van der Waals surface area contributed by atoms with E-state index in [1.165, 1.54) is 0 Å². The van der Waals surface area contributed by atoms with Gasteiger partial charge in [0.25, 0.3) is 0 Å². The van der Waals surface area contributed by atoms with E-state index in [-0.39, 0.29) is 0 Å². The van der Waals surface area contributed by atoms with E-state index in [2.05, 4.69) is 20.1 Å². The number of aromatic nitrogens is 6. The zero-order chi connectivity index (χ0) is 17.6. The molecule has 2 aromatic rings. The van der Waals surface area contributed by atoms with Gasteiger partial charge in [0.15, 0.2) is 23.2 Å². The van der Waals surface area contributed by atoms with Crippen molar-refractivity contribution in [2.45, 2.75) is 6.54 Å². The van der Waals surface area contributed by atoms with Crippen molar-refractivity contribution in [1.29, 1.82) is 0 Å². The van der Waals surface area contributed by atoms with E-state index in [0.29, 0.717) is 39.8 Å². The van der Waals surface area contributed by atoms with Crippen LogP contribution in [0.15, 0.2) is 36.9 Å². The van der Waals surface area contributed by atoms with E-state index in [1.54, 1.807) is 35.4 Å². The van der Waals surface area contributed by atoms with Gasteiger partial charge in [-0.1, -0.05) is 29.3 Å². The van der Waals surface area contributed by atoms with Gasteiger partial charge in [0.05, 0.1) is 24.6 Å². The summed E-state index contributed by atoms with van der Waals surface area (Å²) in [6.45, 7) is 0.410. The van der Waals surface area contributed by atoms with E-state index >= 15 is 0 Å². The fraction of sp³-hybridized carbons (Fsp3) is 0.125. The maximum absolute atomic E-state index is 6.28. The molecule has 0 aliphatic carbocycles. The number of rotatable bonds is 3. The summed E-state index contributed by atoms with van der Waals surface area (Å²) in [6, 6.07) is 5.39. The first-order valence-electron chi connectivity index (χ1n) is 7.43. The molecule has 3 heterocycles. The number of halogens is 2. The highest BCUT2D eigenvalue weighted by Gasteiger charge is 2.21. The minimum atomic E-state index is 0.319. The Hall–Kier alpha value is -2.64. The predicted molar refractivity (Wildman–Crippen MR) is 96.6 cm³/mol. The van der Waals surface area contributed by atoms with Crippen molar-refractivity contribution in [2.24, 2.45) is 7.05 Å². The van der Waals surface area contributed by atoms with Crippen LogP contribution in [-0.2, 0) is 13.6 Å². The maximum atomic E-state index is 6.28. The van der Waals surface area contributed by atoms with Crippen LogP contribution in [-0.4, -0.2) is 29.3 Å². The fourth-order valence-electron chi connectivity index (χ4n) is 2.59. The molecule has 2 aliphatic rings. The zero-order valence-corrected chi connectivity index (χ0v) is 14.7. The fourth-order valence-corrected chi connectivity index (χ4v) is 3.11. The number of hydrogen-bond acceptors (Lipinski definition) is 5. The molecule has 0 saturated carbocycles. The lowest BCUT2D eigenvalue weighted by molar-refractivity contribution is 0.763. The number of benzene rings is 1. The average Bonchev–Trinajstić information content (AvgIpc) is 3.20. The SMILES string of the molecule is Cn1cc(-c2nc3c(N)ncn(Cc4c(Cl)cccc4Cl)c-3n2)cn1. The second kappa shape index (κ2) is 6.02. The van der Waals surface area contributed by atoms with Gasteiger partial charge in [0.2, 0.25) is 0 Å². The predicted octanol–water partition coefficient (Wildman–Crippen LogP) is 3.12. The third-order valence-corrected chi connectivity index (χ3v) is 4.55. The van der Waals surface area contributed by atoms with Crippen molar-refractivity contribution in [3.8, 4) is 22.9 Å². The van der Waals surface area contributed by atoms with E-state index in [0.717, 1.165) is 11.1 Å². The Morgan fingerprint density at radius 3 is 2.60 bits per heavy atom. The molecule has 2 aliphatic heterocycles. The van der Waals surface area contributed by atoms with Crippen LogP contribution >= 0.6 is 23.2 Å². The van der Waals surface area contributed by atoms with Crippen LogP contribution in [0.5, 0.6) is 0 Å². The monoisotopic (exact) mass is 373 g/mol. The van der Waals surface area contributed by atoms with Gasteiger partial charge < -0.3 is 10.3 Å². The van der Waals surface area contributed by atoms with Gasteiger partial charge in [-0.2, -0.15) is 5.10 Å². The second-order valence-corrected chi connectivity index (χ2v) is 6.39. The maximum Gasteiger partial charge on any atom is 0.166 e. The lowest BCUT2D eigenvalue weighted by Crippen LogP contribution is -2.09. The quantitative estimate of drug-likeness (QED) is 0.595. The van der Waals surface area contributed by atoms with Gasteiger partial charge in [-0.25, -0.2) is 15.0 Å². The average molecular weight is 374 g/mol. The molecule has 4 rings (SSSR count). The lowest BCUT2D eigenvalue weighted by atomic mass is 10.2. The molecule has 25 heavy (non-hydrogen) atoms. The third kappa shape index (κ3) is 2.81. The molecule has 0 unspecified atom stereocenters. The molecule has 0 radical (unpaired) electrons. The molecule has 0 fully saturated rings. The summed E-state index contributed by atoms with van der Waals surface area (Å²) < 4.78 is 3.52. The highest BCUT2D eigenvalue weighted by Crippen LogP contribution is 2.30. The summed E-state index contributed by atoms with van der Waals surface area (Å²) in [7, 11) is 1.83. The van der Waals surface area contributed by atoms with Gasteiger partial charge in [0, 0.05) is 28.9 Å². The molecule has 0 atom stereocenters. The van der Waals surface area contributed by atoms with Crippen LogP contribution in [0, 0.1) is 0 Å². The summed E-state index contributed by atoms with van der Waals surface area (Å²) in [5.41, 5.74) is 8.10. The van der Waals surface area contributed by atoms with Gasteiger partial charge in [0.1, 0.15) is 0 Å². The molecule has 0 saturated heterocycles. The smallest absolute Gasteiger partial charge is 0.166 e. The van der Waals surface area contributed by atoms with Crippen molar-refractivity contribution in [2.75, 3.05) is 5.73 Å². The molecule has 1 aromatic carbocycles. The standard InChI is InChI=1S/C16H13Cl2N7/c1-24-6-9(5-21-24)15-22-13-14(19)20-8-25(16(13)23-15)7-10-11(17)3-2-4-12(10)18/h2-6,8H,7,19H2,1H3. The van der Waals surface area contributed by atoms with E-state index in [4.69, 9.17) is 28.9 Å². The van der Waals surface area contributed by atoms with Crippen LogP contribution in [0.3, 0.4) is 0 Å². The normalized spacial score (nSPS) is 11.3. The molecule has 2 N–H and O–H groups in total. The molecule has 7 nitrogen and oxygen atoms in total. The third-order valence-electron chi connectivity index (χ3n) is 3.85. The molecular weight excluding hydrogens is 361 g/mol. The molecule has 0 spiro atoms. The first-order chi connectivity index (χ1) is 12.0. The minimum Gasteiger partial charge on any atom is -0.382 e. The Labute approximate surface area is 153 Å². The van der Waals surface area contributed by atoms with Crippen molar-refractivity contribution in [1.82, 2.24) is 29.3 Å². The molecule has 9 heteroatoms. The first-order valence-corrected chi connectivity index (χ1v) is 8.19. The van der Waals surface area contributed by atoms with Crippen molar-refractivity contribution >= 4 is 29.0 Å². The highest BCUT2D eigenvalue weighted by molar-refractivity contribution is 6.35. The minimum absolute atomic E-state index is 0.319. The summed E-state index contributed by atoms with van der Waals surface area (Å²) in [5.74, 6) is 1.48. The van der Waals surface area contributed by atoms with Crippen molar-refractivity contribution < 1.29 is 0 Å². The van der Waals surface area contributed by atoms with Crippen molar-refractivity contribution in [3.05, 3.63) is 52.5 Å². The number of nitrogens with zero attached hydrogens (tertiary/aromatic N) is 6. The molecule has 126 valence electrons. The number of nitrogens with two attached hydrogens (primary N) is 1. The Bertz CT molecular complexity index is 1020. The Kier molecular flexibility index (Phi) is 3.82. The van der Waals surface area contributed by atoms with Crippen LogP contribution < -0.4 is 5.73 Å². The number of imidazole rings is 1. The molecule has 0 amide bonds. The van der Waals surface area contributed by atoms with Crippen LogP contribution in [0.4, 0.5) is 5.82 Å². The first kappa shape index (κ1) is 15.9. The summed E-state index contributed by atoms with van der Waals surface area (Å²) in [4.78, 5) is 13.3. The molecule has 1 aromatic heterocycles. The Morgan fingerprint density at radius 2 is 1.92 bits per heavy atom. The number of hydrogen-bond donors (Lipinski definition) is 1. The van der Waals surface area contributed by atoms with E-state index in [9.17, 15) is 0 Å². The van der Waals surface area contributed by atoms with Crippen LogP contribution in [0.25, 0.3) is 22.9 Å². The summed E-state index contributed by atoms with van der Waals surface area (Å²) >= 11 is 12.6. The topological polar surface area (TPSA) is 87.4 Å². The second-order valence-electron chi connectivity index (χ2n) is 5.58. The highest BCUT2D eigenvalue weighted by atomic mass is 35.5. The van der Waals surface area contributed by atoms with E-state index in [1.807, 2.05) is 17.8 Å².